The highest BCUT2D eigenvalue weighted by Crippen LogP contribution is 2.26. The lowest BCUT2D eigenvalue weighted by Crippen LogP contribution is -2.43. The summed E-state index contributed by atoms with van der Waals surface area (Å²) in [7, 11) is -4.39. The van der Waals surface area contributed by atoms with Crippen molar-refractivity contribution in [2.75, 3.05) is 6.54 Å². The van der Waals surface area contributed by atoms with E-state index in [0.29, 0.717) is 4.31 Å². The highest BCUT2D eigenvalue weighted by molar-refractivity contribution is 7.89. The third-order valence-corrected chi connectivity index (χ3v) is 4.59. The van der Waals surface area contributed by atoms with Gasteiger partial charge in [0.2, 0.25) is 10.0 Å². The van der Waals surface area contributed by atoms with Crippen LogP contribution in [-0.2, 0) is 10.0 Å². The Morgan fingerprint density at radius 3 is 2.30 bits per heavy atom. The molecule has 0 N–H and O–H groups in total. The molecule has 4 nitrogen and oxygen atoms in total. The molecule has 110 valence electrons. The van der Waals surface area contributed by atoms with Crippen LogP contribution in [0, 0.1) is 11.3 Å². The van der Waals surface area contributed by atoms with E-state index in [2.05, 4.69) is 0 Å². The molecule has 1 aromatic rings. The van der Waals surface area contributed by atoms with Crippen LogP contribution in [0.25, 0.3) is 0 Å². The molecule has 8 heteroatoms. The first-order chi connectivity index (χ1) is 9.09. The van der Waals surface area contributed by atoms with Gasteiger partial charge in [-0.2, -0.15) is 22.7 Å². The molecule has 0 saturated carbocycles. The number of halogens is 3. The van der Waals surface area contributed by atoms with Gasteiger partial charge in [0.05, 0.1) is 10.5 Å². The summed E-state index contributed by atoms with van der Waals surface area (Å²) in [5.74, 6) is 0. The summed E-state index contributed by atoms with van der Waals surface area (Å²) in [5.41, 5.74) is -0.180. The van der Waals surface area contributed by atoms with E-state index in [1.807, 2.05) is 0 Å². The maximum absolute atomic E-state index is 12.5. The van der Waals surface area contributed by atoms with E-state index in [1.165, 1.54) is 32.0 Å². The van der Waals surface area contributed by atoms with Gasteiger partial charge in [0, 0.05) is 6.04 Å². The second kappa shape index (κ2) is 5.81. The zero-order valence-corrected chi connectivity index (χ0v) is 11.7. The summed E-state index contributed by atoms with van der Waals surface area (Å²) in [6.07, 6.45) is -4.65. The normalized spacial score (nSPS) is 12.7. The Labute approximate surface area is 115 Å². The molecule has 0 spiro atoms. The number of hydrogen-bond acceptors (Lipinski definition) is 3. The van der Waals surface area contributed by atoms with Crippen molar-refractivity contribution >= 4 is 10.0 Å². The molecule has 0 aliphatic rings. The van der Waals surface area contributed by atoms with Crippen LogP contribution in [0.4, 0.5) is 13.2 Å². The van der Waals surface area contributed by atoms with E-state index < -0.39 is 33.7 Å². The molecule has 20 heavy (non-hydrogen) atoms. The highest BCUT2D eigenvalue weighted by atomic mass is 32.2. The summed E-state index contributed by atoms with van der Waals surface area (Å²) in [6.45, 7) is 1.10. The van der Waals surface area contributed by atoms with Gasteiger partial charge < -0.3 is 0 Å². The van der Waals surface area contributed by atoms with Crippen molar-refractivity contribution in [1.82, 2.24) is 4.31 Å². The molecule has 0 saturated heterocycles. The highest BCUT2D eigenvalue weighted by Gasteiger charge is 2.39. The van der Waals surface area contributed by atoms with Crippen molar-refractivity contribution in [3.8, 4) is 6.07 Å². The van der Waals surface area contributed by atoms with E-state index in [4.69, 9.17) is 5.26 Å². The summed E-state index contributed by atoms with van der Waals surface area (Å²) in [5, 5.41) is 8.88. The van der Waals surface area contributed by atoms with Gasteiger partial charge in [0.1, 0.15) is 12.6 Å². The van der Waals surface area contributed by atoms with Crippen LogP contribution in [0.3, 0.4) is 0 Å². The second-order valence-electron chi connectivity index (χ2n) is 4.37. The second-order valence-corrected chi connectivity index (χ2v) is 6.23. The van der Waals surface area contributed by atoms with Gasteiger partial charge in [-0.25, -0.2) is 8.42 Å². The minimum absolute atomic E-state index is 0.180. The molecule has 0 amide bonds. The first-order valence-electron chi connectivity index (χ1n) is 5.67. The number of benzene rings is 1. The molecule has 0 aliphatic heterocycles. The van der Waals surface area contributed by atoms with Gasteiger partial charge in [-0.15, -0.1) is 0 Å². The van der Waals surface area contributed by atoms with Gasteiger partial charge in [0.25, 0.3) is 0 Å². The Morgan fingerprint density at radius 1 is 1.30 bits per heavy atom. The van der Waals surface area contributed by atoms with Crippen LogP contribution in [0.15, 0.2) is 29.2 Å². The third-order valence-electron chi connectivity index (χ3n) is 2.51. The molecule has 0 atom stereocenters. The SMILES string of the molecule is CC(C)N(CC(F)(F)F)S(=O)(=O)c1ccccc1C#N. The van der Waals surface area contributed by atoms with Crippen molar-refractivity contribution in [2.45, 2.75) is 31.0 Å². The standard InChI is InChI=1S/C12H13F3N2O2S/c1-9(2)17(8-12(13,14)15)20(18,19)11-6-4-3-5-10(11)7-16/h3-6,9H,8H2,1-2H3. The number of rotatable bonds is 4. The minimum Gasteiger partial charge on any atom is -0.207 e. The molecular formula is C12H13F3N2O2S. The lowest BCUT2D eigenvalue weighted by atomic mass is 10.2. The number of nitriles is 1. The zero-order chi connectivity index (χ0) is 15.6. The van der Waals surface area contributed by atoms with E-state index in [-0.39, 0.29) is 5.56 Å². The van der Waals surface area contributed by atoms with Crippen molar-refractivity contribution in [3.05, 3.63) is 29.8 Å². The summed E-state index contributed by atoms with van der Waals surface area (Å²) in [6, 6.07) is 5.97. The van der Waals surface area contributed by atoms with E-state index in [1.54, 1.807) is 6.07 Å². The fraction of sp³-hybridized carbons (Fsp3) is 0.417. The Balaban J connectivity index is 3.35. The number of sulfonamides is 1. The average molecular weight is 306 g/mol. The molecular weight excluding hydrogens is 293 g/mol. The fourth-order valence-electron chi connectivity index (χ4n) is 1.63. The maximum atomic E-state index is 12.5. The number of hydrogen-bond donors (Lipinski definition) is 0. The van der Waals surface area contributed by atoms with Gasteiger partial charge in [-0.3, -0.25) is 0 Å². The first kappa shape index (κ1) is 16.5. The Morgan fingerprint density at radius 2 is 1.85 bits per heavy atom. The molecule has 1 rings (SSSR count). The largest absolute Gasteiger partial charge is 0.402 e. The average Bonchev–Trinajstić information content (AvgIpc) is 2.34. The molecule has 0 aliphatic carbocycles. The van der Waals surface area contributed by atoms with E-state index in [0.717, 1.165) is 6.07 Å². The zero-order valence-electron chi connectivity index (χ0n) is 10.8. The smallest absolute Gasteiger partial charge is 0.207 e. The van der Waals surface area contributed by atoms with Gasteiger partial charge in [0.15, 0.2) is 0 Å². The van der Waals surface area contributed by atoms with Crippen LogP contribution in [0.2, 0.25) is 0 Å². The summed E-state index contributed by atoms with van der Waals surface area (Å²) < 4.78 is 62.5. The molecule has 0 fully saturated rings. The van der Waals surface area contributed by atoms with Crippen molar-refractivity contribution in [2.24, 2.45) is 0 Å². The lowest BCUT2D eigenvalue weighted by Gasteiger charge is -2.27. The minimum atomic E-state index is -4.65. The molecule has 0 radical (unpaired) electrons. The van der Waals surface area contributed by atoms with Crippen LogP contribution >= 0.6 is 0 Å². The lowest BCUT2D eigenvalue weighted by molar-refractivity contribution is -0.138. The molecule has 0 heterocycles. The van der Waals surface area contributed by atoms with E-state index in [9.17, 15) is 21.6 Å². The Kier molecular flexibility index (Phi) is 4.78. The monoisotopic (exact) mass is 306 g/mol. The van der Waals surface area contributed by atoms with Crippen LogP contribution in [-0.4, -0.2) is 31.5 Å². The molecule has 1 aromatic carbocycles. The third kappa shape index (κ3) is 3.71. The van der Waals surface area contributed by atoms with Crippen molar-refractivity contribution < 1.29 is 21.6 Å². The fourth-order valence-corrected chi connectivity index (χ4v) is 3.40. The van der Waals surface area contributed by atoms with Gasteiger partial charge in [-0.05, 0) is 26.0 Å². The maximum Gasteiger partial charge on any atom is 0.402 e. The van der Waals surface area contributed by atoms with Crippen LogP contribution < -0.4 is 0 Å². The van der Waals surface area contributed by atoms with Crippen molar-refractivity contribution in [3.63, 3.8) is 0 Å². The van der Waals surface area contributed by atoms with E-state index >= 15 is 0 Å². The summed E-state index contributed by atoms with van der Waals surface area (Å²) >= 11 is 0. The van der Waals surface area contributed by atoms with Gasteiger partial charge in [-0.1, -0.05) is 12.1 Å². The Bertz CT molecular complexity index is 618. The topological polar surface area (TPSA) is 61.2 Å². The van der Waals surface area contributed by atoms with Crippen LogP contribution in [0.1, 0.15) is 19.4 Å². The predicted molar refractivity (Wildman–Crippen MR) is 66.2 cm³/mol. The van der Waals surface area contributed by atoms with Crippen LogP contribution in [0.5, 0.6) is 0 Å². The number of nitrogens with zero attached hydrogens (tertiary/aromatic N) is 2. The van der Waals surface area contributed by atoms with Crippen molar-refractivity contribution in [1.29, 1.82) is 5.26 Å². The first-order valence-corrected chi connectivity index (χ1v) is 7.11. The molecule has 0 bridgehead atoms. The predicted octanol–water partition coefficient (Wildman–Crippen LogP) is 2.52. The van der Waals surface area contributed by atoms with Gasteiger partial charge >= 0.3 is 6.18 Å². The molecule has 0 unspecified atom stereocenters. The number of alkyl halides is 3. The summed E-state index contributed by atoms with van der Waals surface area (Å²) in [4.78, 5) is -0.416. The quantitative estimate of drug-likeness (QED) is 0.858. The Hall–Kier alpha value is -1.59. The molecule has 0 aromatic heterocycles.